The van der Waals surface area contributed by atoms with Crippen LogP contribution in [-0.4, -0.2) is 47.8 Å². The van der Waals surface area contributed by atoms with Gasteiger partial charge >= 0.3 is 0 Å². The lowest BCUT2D eigenvalue weighted by Gasteiger charge is -2.31. The van der Waals surface area contributed by atoms with Crippen LogP contribution in [0.4, 0.5) is 0 Å². The second-order valence-electron chi connectivity index (χ2n) is 6.77. The highest BCUT2D eigenvalue weighted by molar-refractivity contribution is 6.22. The molecule has 2 unspecified atom stereocenters. The number of hydrogen-bond donors (Lipinski definition) is 2. The summed E-state index contributed by atoms with van der Waals surface area (Å²) in [6.45, 7) is 5.39. The van der Waals surface area contributed by atoms with E-state index in [2.05, 4.69) is 10.6 Å². The van der Waals surface area contributed by atoms with Gasteiger partial charge in [0.1, 0.15) is 6.04 Å². The van der Waals surface area contributed by atoms with Gasteiger partial charge in [0.2, 0.25) is 5.91 Å². The lowest BCUT2D eigenvalue weighted by molar-refractivity contribution is -0.127. The van der Waals surface area contributed by atoms with E-state index < -0.39 is 6.04 Å². The molecule has 2 aliphatic heterocycles. The molecule has 128 valence electrons. The molecule has 1 aromatic carbocycles. The molecule has 24 heavy (non-hydrogen) atoms. The Balaban J connectivity index is 1.82. The molecular formula is C18H23N3O3. The number of rotatable bonds is 4. The van der Waals surface area contributed by atoms with Gasteiger partial charge in [-0.05, 0) is 37.4 Å². The van der Waals surface area contributed by atoms with E-state index in [1.54, 1.807) is 24.3 Å². The first-order chi connectivity index (χ1) is 11.5. The number of benzene rings is 1. The molecule has 0 saturated carbocycles. The number of nitrogens with one attached hydrogen (secondary N) is 2. The monoisotopic (exact) mass is 329 g/mol. The van der Waals surface area contributed by atoms with E-state index in [1.807, 2.05) is 13.8 Å². The predicted molar refractivity (Wildman–Crippen MR) is 89.6 cm³/mol. The van der Waals surface area contributed by atoms with Crippen LogP contribution in [0.3, 0.4) is 0 Å². The van der Waals surface area contributed by atoms with Crippen LogP contribution in [0.1, 0.15) is 47.4 Å². The van der Waals surface area contributed by atoms with Gasteiger partial charge in [0.05, 0.1) is 11.1 Å². The molecule has 2 aliphatic rings. The van der Waals surface area contributed by atoms with Crippen LogP contribution >= 0.6 is 0 Å². The fourth-order valence-corrected chi connectivity index (χ4v) is 3.44. The van der Waals surface area contributed by atoms with Crippen molar-refractivity contribution in [2.75, 3.05) is 13.1 Å². The van der Waals surface area contributed by atoms with Crippen LogP contribution in [0, 0.1) is 5.92 Å². The van der Waals surface area contributed by atoms with Crippen molar-refractivity contribution in [2.45, 2.75) is 38.8 Å². The molecule has 3 rings (SSSR count). The van der Waals surface area contributed by atoms with Crippen LogP contribution in [-0.2, 0) is 4.79 Å². The maximum Gasteiger partial charge on any atom is 0.262 e. The molecule has 6 nitrogen and oxygen atoms in total. The van der Waals surface area contributed by atoms with E-state index >= 15 is 0 Å². The molecule has 6 heteroatoms. The van der Waals surface area contributed by atoms with Crippen molar-refractivity contribution in [3.05, 3.63) is 35.4 Å². The number of carbonyl (C=O) groups is 3. The molecule has 0 spiro atoms. The molecule has 1 aromatic rings. The number of piperidine rings is 1. The van der Waals surface area contributed by atoms with Gasteiger partial charge in [-0.15, -0.1) is 0 Å². The number of fused-ring (bicyclic) bond motifs is 1. The van der Waals surface area contributed by atoms with E-state index in [1.165, 1.54) is 0 Å². The summed E-state index contributed by atoms with van der Waals surface area (Å²) < 4.78 is 0. The van der Waals surface area contributed by atoms with Crippen LogP contribution in [0.2, 0.25) is 0 Å². The molecule has 0 aliphatic carbocycles. The fraction of sp³-hybridized carbons (Fsp3) is 0.500. The molecule has 1 saturated heterocycles. The minimum absolute atomic E-state index is 0.0442. The highest BCUT2D eigenvalue weighted by Crippen LogP contribution is 2.27. The Morgan fingerprint density at radius 1 is 1.21 bits per heavy atom. The molecular weight excluding hydrogens is 306 g/mol. The Morgan fingerprint density at radius 3 is 2.33 bits per heavy atom. The van der Waals surface area contributed by atoms with Crippen LogP contribution in [0.5, 0.6) is 0 Å². The van der Waals surface area contributed by atoms with Gasteiger partial charge in [-0.3, -0.25) is 19.3 Å². The van der Waals surface area contributed by atoms with Crippen LogP contribution in [0.25, 0.3) is 0 Å². The van der Waals surface area contributed by atoms with E-state index in [-0.39, 0.29) is 29.7 Å². The zero-order chi connectivity index (χ0) is 17.3. The largest absolute Gasteiger partial charge is 0.350 e. The molecule has 0 radical (unpaired) electrons. The highest BCUT2D eigenvalue weighted by Gasteiger charge is 2.44. The molecule has 3 amide bonds. The minimum Gasteiger partial charge on any atom is -0.350 e. The van der Waals surface area contributed by atoms with E-state index in [0.29, 0.717) is 11.1 Å². The number of amides is 3. The minimum atomic E-state index is -0.792. The molecule has 2 N–H and O–H groups in total. The number of imide groups is 1. The molecule has 2 atom stereocenters. The van der Waals surface area contributed by atoms with Gasteiger partial charge in [0.25, 0.3) is 11.8 Å². The second-order valence-corrected chi connectivity index (χ2v) is 6.77. The first kappa shape index (κ1) is 16.6. The summed E-state index contributed by atoms with van der Waals surface area (Å²) >= 11 is 0. The Morgan fingerprint density at radius 2 is 1.83 bits per heavy atom. The molecule has 1 fully saturated rings. The van der Waals surface area contributed by atoms with E-state index in [0.717, 1.165) is 30.8 Å². The van der Waals surface area contributed by atoms with Crippen molar-refractivity contribution in [3.63, 3.8) is 0 Å². The molecule has 2 heterocycles. The van der Waals surface area contributed by atoms with Gasteiger partial charge in [0.15, 0.2) is 0 Å². The number of hydrogen-bond acceptors (Lipinski definition) is 4. The lowest BCUT2D eigenvalue weighted by Crippen LogP contribution is -2.56. The van der Waals surface area contributed by atoms with Gasteiger partial charge in [-0.2, -0.15) is 0 Å². The zero-order valence-electron chi connectivity index (χ0n) is 14.0. The first-order valence-electron chi connectivity index (χ1n) is 8.48. The smallest absolute Gasteiger partial charge is 0.262 e. The molecule has 0 aromatic heterocycles. The third-order valence-electron chi connectivity index (χ3n) is 4.65. The van der Waals surface area contributed by atoms with Crippen molar-refractivity contribution in [3.8, 4) is 0 Å². The van der Waals surface area contributed by atoms with Gasteiger partial charge < -0.3 is 10.6 Å². The lowest BCUT2D eigenvalue weighted by atomic mass is 10.00. The van der Waals surface area contributed by atoms with Crippen molar-refractivity contribution in [1.29, 1.82) is 0 Å². The summed E-state index contributed by atoms with van der Waals surface area (Å²) in [5, 5.41) is 6.24. The quantitative estimate of drug-likeness (QED) is 0.813. The summed E-state index contributed by atoms with van der Waals surface area (Å²) in [4.78, 5) is 39.2. The summed E-state index contributed by atoms with van der Waals surface area (Å²) in [6.07, 6.45) is 1.91. The van der Waals surface area contributed by atoms with Crippen molar-refractivity contribution < 1.29 is 14.4 Å². The third-order valence-corrected chi connectivity index (χ3v) is 4.65. The fourth-order valence-electron chi connectivity index (χ4n) is 3.44. The summed E-state index contributed by atoms with van der Waals surface area (Å²) in [7, 11) is 0. The Kier molecular flexibility index (Phi) is 4.66. The summed E-state index contributed by atoms with van der Waals surface area (Å²) in [5.41, 5.74) is 0.751. The topological polar surface area (TPSA) is 78.5 Å². The van der Waals surface area contributed by atoms with E-state index in [4.69, 9.17) is 0 Å². The van der Waals surface area contributed by atoms with Gasteiger partial charge in [0, 0.05) is 12.6 Å². The molecule has 0 bridgehead atoms. The Labute approximate surface area is 141 Å². The van der Waals surface area contributed by atoms with Crippen molar-refractivity contribution in [1.82, 2.24) is 15.5 Å². The Bertz CT molecular complexity index is 630. The SMILES string of the molecule is CC(C)C(C(=O)NC1CCCNC1)N1C(=O)c2ccccc2C1=O. The third kappa shape index (κ3) is 2.94. The van der Waals surface area contributed by atoms with Crippen molar-refractivity contribution >= 4 is 17.7 Å². The normalized spacial score (nSPS) is 21.8. The highest BCUT2D eigenvalue weighted by atomic mass is 16.2. The maximum absolute atomic E-state index is 12.8. The van der Waals surface area contributed by atoms with Crippen molar-refractivity contribution in [2.24, 2.45) is 5.92 Å². The number of nitrogens with zero attached hydrogens (tertiary/aromatic N) is 1. The zero-order valence-corrected chi connectivity index (χ0v) is 14.0. The summed E-state index contributed by atoms with van der Waals surface area (Å²) in [6, 6.07) is 5.98. The second kappa shape index (κ2) is 6.73. The first-order valence-corrected chi connectivity index (χ1v) is 8.48. The van der Waals surface area contributed by atoms with E-state index in [9.17, 15) is 14.4 Å². The van der Waals surface area contributed by atoms with Crippen LogP contribution in [0.15, 0.2) is 24.3 Å². The average Bonchev–Trinajstić information content (AvgIpc) is 2.81. The van der Waals surface area contributed by atoms with Gasteiger partial charge in [-0.1, -0.05) is 26.0 Å². The number of carbonyl (C=O) groups excluding carboxylic acids is 3. The summed E-state index contributed by atoms with van der Waals surface area (Å²) in [5.74, 6) is -1.19. The van der Waals surface area contributed by atoms with Crippen LogP contribution < -0.4 is 10.6 Å². The predicted octanol–water partition coefficient (Wildman–Crippen LogP) is 1.18. The van der Waals surface area contributed by atoms with Gasteiger partial charge in [-0.25, -0.2) is 0 Å². The Hall–Kier alpha value is -2.21. The maximum atomic E-state index is 12.8. The average molecular weight is 329 g/mol. The standard InChI is InChI=1S/C18H23N3O3/c1-11(2)15(16(22)20-12-6-5-9-19-10-12)21-17(23)13-7-3-4-8-14(13)18(21)24/h3-4,7-8,11-12,15,19H,5-6,9-10H2,1-2H3,(H,20,22).